The van der Waals surface area contributed by atoms with E-state index in [0.717, 1.165) is 31.5 Å². The third kappa shape index (κ3) is 4.62. The van der Waals surface area contributed by atoms with Crippen LogP contribution in [0.25, 0.3) is 0 Å². The lowest BCUT2D eigenvalue weighted by atomic mass is 9.75. The molecule has 0 amide bonds. The number of carbonyl (C=O) groups excluding carboxylic acids is 1. The molecule has 3 heteroatoms. The number of benzene rings is 2. The lowest BCUT2D eigenvalue weighted by Gasteiger charge is -2.36. The van der Waals surface area contributed by atoms with Crippen LogP contribution in [0.1, 0.15) is 87.0 Å². The molecule has 0 atom stereocenters. The maximum absolute atomic E-state index is 13.5. The zero-order valence-corrected chi connectivity index (χ0v) is 19.8. The molecule has 2 N–H and O–H groups in total. The average molecular weight is 409 g/mol. The van der Waals surface area contributed by atoms with Crippen LogP contribution in [-0.4, -0.2) is 19.1 Å². The standard InChI is InChI=1S/C27H37NO2/c1-19-22(25(2,3)4)17-20(18-23(19)26(5,6)7)24(29)30-27(13-15-28-16-14-27)21-11-9-8-10-12-21/h8-12,17-18,28H,13-16H2,1-7H3/p+1. The fourth-order valence-corrected chi connectivity index (χ4v) is 4.76. The summed E-state index contributed by atoms with van der Waals surface area (Å²) in [6.45, 7) is 17.4. The van der Waals surface area contributed by atoms with Crippen molar-refractivity contribution in [1.29, 1.82) is 0 Å². The number of hydrogen-bond acceptors (Lipinski definition) is 2. The van der Waals surface area contributed by atoms with E-state index >= 15 is 0 Å². The van der Waals surface area contributed by atoms with Gasteiger partial charge in [-0.15, -0.1) is 0 Å². The van der Waals surface area contributed by atoms with Gasteiger partial charge in [0.1, 0.15) is 5.60 Å². The van der Waals surface area contributed by atoms with Gasteiger partial charge in [-0.2, -0.15) is 0 Å². The summed E-state index contributed by atoms with van der Waals surface area (Å²) in [6, 6.07) is 14.4. The highest BCUT2D eigenvalue weighted by atomic mass is 16.6. The Morgan fingerprint density at radius 3 is 1.87 bits per heavy atom. The molecular formula is C27H38NO2+. The summed E-state index contributed by atoms with van der Waals surface area (Å²) < 4.78 is 6.37. The van der Waals surface area contributed by atoms with Crippen LogP contribution in [0.3, 0.4) is 0 Å². The molecule has 0 saturated carbocycles. The van der Waals surface area contributed by atoms with Crippen LogP contribution in [0, 0.1) is 6.92 Å². The van der Waals surface area contributed by atoms with Crippen molar-refractivity contribution in [2.24, 2.45) is 0 Å². The van der Waals surface area contributed by atoms with Gasteiger partial charge >= 0.3 is 5.97 Å². The molecule has 1 aliphatic heterocycles. The second-order valence-electron chi connectivity index (χ2n) is 10.8. The molecule has 0 aromatic heterocycles. The van der Waals surface area contributed by atoms with Gasteiger partial charge in [0, 0.05) is 12.8 Å². The molecule has 3 nitrogen and oxygen atoms in total. The predicted octanol–water partition coefficient (Wildman–Crippen LogP) is 5.00. The van der Waals surface area contributed by atoms with E-state index in [9.17, 15) is 4.79 Å². The number of esters is 1. The lowest BCUT2D eigenvalue weighted by molar-refractivity contribution is -0.668. The Morgan fingerprint density at radius 2 is 1.40 bits per heavy atom. The molecule has 0 bridgehead atoms. The van der Waals surface area contributed by atoms with Crippen molar-refractivity contribution in [1.82, 2.24) is 0 Å². The summed E-state index contributed by atoms with van der Waals surface area (Å²) in [5.74, 6) is -0.211. The molecular weight excluding hydrogens is 370 g/mol. The van der Waals surface area contributed by atoms with Crippen molar-refractivity contribution in [3.05, 3.63) is 70.3 Å². The van der Waals surface area contributed by atoms with Crippen LogP contribution >= 0.6 is 0 Å². The smallest absolute Gasteiger partial charge is 0.339 e. The Bertz CT molecular complexity index is 860. The van der Waals surface area contributed by atoms with E-state index < -0.39 is 5.60 Å². The Hall–Kier alpha value is -2.13. The van der Waals surface area contributed by atoms with E-state index in [-0.39, 0.29) is 16.8 Å². The Kier molecular flexibility index (Phi) is 6.15. The largest absolute Gasteiger partial charge is 0.450 e. The molecule has 30 heavy (non-hydrogen) atoms. The minimum atomic E-state index is -0.540. The van der Waals surface area contributed by atoms with Crippen molar-refractivity contribution in [3.8, 4) is 0 Å². The second-order valence-corrected chi connectivity index (χ2v) is 10.8. The van der Waals surface area contributed by atoms with Crippen LogP contribution in [0.4, 0.5) is 0 Å². The van der Waals surface area contributed by atoms with Gasteiger partial charge in [-0.25, -0.2) is 4.79 Å². The number of quaternary nitrogens is 1. The van der Waals surface area contributed by atoms with Gasteiger partial charge in [0.25, 0.3) is 0 Å². The van der Waals surface area contributed by atoms with Gasteiger partial charge in [0.15, 0.2) is 0 Å². The van der Waals surface area contributed by atoms with Crippen LogP contribution < -0.4 is 5.32 Å². The van der Waals surface area contributed by atoms with E-state index in [1.165, 1.54) is 16.7 Å². The first-order valence-corrected chi connectivity index (χ1v) is 11.2. The van der Waals surface area contributed by atoms with Crippen molar-refractivity contribution in [2.75, 3.05) is 13.1 Å². The van der Waals surface area contributed by atoms with Crippen LogP contribution in [0.5, 0.6) is 0 Å². The lowest BCUT2D eigenvalue weighted by Crippen LogP contribution is -2.87. The van der Waals surface area contributed by atoms with Crippen molar-refractivity contribution < 1.29 is 14.8 Å². The summed E-state index contributed by atoms with van der Waals surface area (Å²) >= 11 is 0. The number of ether oxygens (including phenoxy) is 1. The van der Waals surface area contributed by atoms with Gasteiger partial charge in [0.05, 0.1) is 18.7 Å². The summed E-state index contributed by atoms with van der Waals surface area (Å²) in [5.41, 5.74) is 4.85. The topological polar surface area (TPSA) is 42.9 Å². The quantitative estimate of drug-likeness (QED) is 0.726. The van der Waals surface area contributed by atoms with Gasteiger partial charge in [0.2, 0.25) is 0 Å². The highest BCUT2D eigenvalue weighted by Gasteiger charge is 2.40. The number of nitrogens with two attached hydrogens (primary N) is 1. The molecule has 0 spiro atoms. The minimum Gasteiger partial charge on any atom is -0.450 e. The first kappa shape index (κ1) is 22.6. The molecule has 1 aliphatic rings. The van der Waals surface area contributed by atoms with E-state index in [1.54, 1.807) is 0 Å². The zero-order chi connectivity index (χ0) is 22.2. The zero-order valence-electron chi connectivity index (χ0n) is 19.8. The summed E-state index contributed by atoms with van der Waals surface area (Å²) in [4.78, 5) is 13.5. The Morgan fingerprint density at radius 1 is 0.900 bits per heavy atom. The van der Waals surface area contributed by atoms with Crippen molar-refractivity contribution in [3.63, 3.8) is 0 Å². The Balaban J connectivity index is 2.05. The first-order chi connectivity index (χ1) is 13.9. The van der Waals surface area contributed by atoms with Crippen molar-refractivity contribution in [2.45, 2.75) is 77.7 Å². The second kappa shape index (κ2) is 8.19. The number of rotatable bonds is 3. The molecule has 2 aromatic carbocycles. The average Bonchev–Trinajstić information content (AvgIpc) is 2.67. The SMILES string of the molecule is Cc1c(C(C)(C)C)cc(C(=O)OC2(c3ccccc3)CC[NH2+]CC2)cc1C(C)(C)C. The van der Waals surface area contributed by atoms with Crippen LogP contribution in [0.2, 0.25) is 0 Å². The fraction of sp³-hybridized carbons (Fsp3) is 0.519. The molecule has 1 fully saturated rings. The molecule has 0 aliphatic carbocycles. The molecule has 162 valence electrons. The molecule has 1 heterocycles. The molecule has 3 rings (SSSR count). The van der Waals surface area contributed by atoms with Crippen LogP contribution in [0.15, 0.2) is 42.5 Å². The molecule has 0 radical (unpaired) electrons. The molecule has 0 unspecified atom stereocenters. The van der Waals surface area contributed by atoms with Crippen LogP contribution in [-0.2, 0) is 21.2 Å². The molecule has 1 saturated heterocycles. The third-order valence-corrected chi connectivity index (χ3v) is 6.35. The maximum Gasteiger partial charge on any atom is 0.339 e. The predicted molar refractivity (Wildman–Crippen MR) is 123 cm³/mol. The van der Waals surface area contributed by atoms with Gasteiger partial charge in [-0.05, 0) is 52.1 Å². The third-order valence-electron chi connectivity index (χ3n) is 6.35. The van der Waals surface area contributed by atoms with Gasteiger partial charge in [-0.1, -0.05) is 71.9 Å². The fourth-order valence-electron chi connectivity index (χ4n) is 4.76. The highest BCUT2D eigenvalue weighted by molar-refractivity contribution is 5.90. The number of carbonyl (C=O) groups is 1. The summed E-state index contributed by atoms with van der Waals surface area (Å²) in [5, 5.41) is 2.30. The highest BCUT2D eigenvalue weighted by Crippen LogP contribution is 2.37. The van der Waals surface area contributed by atoms with Gasteiger partial charge < -0.3 is 10.1 Å². The Labute approximate surface area is 182 Å². The van der Waals surface area contributed by atoms with E-state index in [0.29, 0.717) is 5.56 Å². The normalized spacial score (nSPS) is 16.9. The van der Waals surface area contributed by atoms with E-state index in [2.05, 4.69) is 78.0 Å². The number of piperidine rings is 1. The van der Waals surface area contributed by atoms with Gasteiger partial charge in [-0.3, -0.25) is 0 Å². The van der Waals surface area contributed by atoms with Crippen molar-refractivity contribution >= 4 is 5.97 Å². The van der Waals surface area contributed by atoms with E-state index in [4.69, 9.17) is 4.74 Å². The summed E-state index contributed by atoms with van der Waals surface area (Å²) in [6.07, 6.45) is 1.68. The minimum absolute atomic E-state index is 0.0444. The van der Waals surface area contributed by atoms with E-state index in [1.807, 2.05) is 18.2 Å². The first-order valence-electron chi connectivity index (χ1n) is 11.2. The monoisotopic (exact) mass is 408 g/mol. The summed E-state index contributed by atoms with van der Waals surface area (Å²) in [7, 11) is 0. The number of hydrogen-bond donors (Lipinski definition) is 1. The maximum atomic E-state index is 13.5. The molecule has 2 aromatic rings.